The average Bonchev–Trinajstić information content (AvgIpc) is 2.67. The standard InChI is InChI=1S/C22H27NO6S/c1-5-28-21(24)17-12-18(22(25)29-6-2)14-19(13-17)23-30(26,27)20-9-7-16(8-10-20)11-15(3)4/h7-10,12-15,23H,5-6,11H2,1-4H3. The van der Waals surface area contributed by atoms with Crippen LogP contribution in [0, 0.1) is 5.92 Å². The molecule has 162 valence electrons. The number of carbonyl (C=O) groups is 2. The van der Waals surface area contributed by atoms with E-state index < -0.39 is 22.0 Å². The van der Waals surface area contributed by atoms with Gasteiger partial charge in [0.05, 0.1) is 34.9 Å². The molecular weight excluding hydrogens is 406 g/mol. The van der Waals surface area contributed by atoms with Gasteiger partial charge in [-0.3, -0.25) is 4.72 Å². The first-order chi connectivity index (χ1) is 14.2. The molecule has 2 aromatic rings. The molecule has 8 heteroatoms. The molecule has 0 atom stereocenters. The molecule has 2 aromatic carbocycles. The third kappa shape index (κ3) is 6.32. The molecule has 0 aromatic heterocycles. The van der Waals surface area contributed by atoms with E-state index in [1.165, 1.54) is 30.3 Å². The number of rotatable bonds is 9. The highest BCUT2D eigenvalue weighted by atomic mass is 32.2. The summed E-state index contributed by atoms with van der Waals surface area (Å²) in [5.41, 5.74) is 1.20. The van der Waals surface area contributed by atoms with E-state index in [-0.39, 0.29) is 34.9 Å². The van der Waals surface area contributed by atoms with Crippen molar-refractivity contribution in [3.8, 4) is 0 Å². The van der Waals surface area contributed by atoms with Crippen LogP contribution in [-0.4, -0.2) is 33.6 Å². The van der Waals surface area contributed by atoms with Crippen molar-refractivity contribution < 1.29 is 27.5 Å². The molecule has 0 aliphatic heterocycles. The van der Waals surface area contributed by atoms with Crippen LogP contribution in [0.1, 0.15) is 54.0 Å². The zero-order valence-corrected chi connectivity index (χ0v) is 18.4. The minimum Gasteiger partial charge on any atom is -0.462 e. The molecular formula is C22H27NO6S. The Hall–Kier alpha value is -2.87. The van der Waals surface area contributed by atoms with Crippen molar-refractivity contribution in [2.75, 3.05) is 17.9 Å². The van der Waals surface area contributed by atoms with Crippen molar-refractivity contribution >= 4 is 27.6 Å². The monoisotopic (exact) mass is 433 g/mol. The highest BCUT2D eigenvalue weighted by Gasteiger charge is 2.19. The van der Waals surface area contributed by atoms with Crippen LogP contribution in [0.25, 0.3) is 0 Å². The number of nitrogens with one attached hydrogen (secondary N) is 1. The molecule has 0 aliphatic rings. The summed E-state index contributed by atoms with van der Waals surface area (Å²) in [5, 5.41) is 0. The fourth-order valence-corrected chi connectivity index (χ4v) is 3.88. The first-order valence-corrected chi connectivity index (χ1v) is 11.3. The zero-order chi connectivity index (χ0) is 22.3. The van der Waals surface area contributed by atoms with E-state index >= 15 is 0 Å². The van der Waals surface area contributed by atoms with Crippen molar-refractivity contribution in [3.05, 3.63) is 59.2 Å². The molecule has 0 bridgehead atoms. The number of sulfonamides is 1. The van der Waals surface area contributed by atoms with E-state index in [2.05, 4.69) is 18.6 Å². The largest absolute Gasteiger partial charge is 0.462 e. The van der Waals surface area contributed by atoms with E-state index in [0.29, 0.717) is 5.92 Å². The van der Waals surface area contributed by atoms with Crippen molar-refractivity contribution in [2.24, 2.45) is 5.92 Å². The SMILES string of the molecule is CCOC(=O)c1cc(NS(=O)(=O)c2ccc(CC(C)C)cc2)cc(C(=O)OCC)c1. The maximum atomic E-state index is 12.8. The third-order valence-electron chi connectivity index (χ3n) is 4.09. The molecule has 0 heterocycles. The topological polar surface area (TPSA) is 98.8 Å². The summed E-state index contributed by atoms with van der Waals surface area (Å²) in [4.78, 5) is 24.4. The van der Waals surface area contributed by atoms with Crippen LogP contribution < -0.4 is 4.72 Å². The molecule has 0 amide bonds. The number of carbonyl (C=O) groups excluding carboxylic acids is 2. The molecule has 0 unspecified atom stereocenters. The van der Waals surface area contributed by atoms with Crippen LogP contribution in [0.4, 0.5) is 5.69 Å². The summed E-state index contributed by atoms with van der Waals surface area (Å²) in [5.74, 6) is -0.873. The molecule has 1 N–H and O–H groups in total. The Morgan fingerprint density at radius 3 is 1.83 bits per heavy atom. The highest BCUT2D eigenvalue weighted by Crippen LogP contribution is 2.22. The first kappa shape index (κ1) is 23.4. The quantitative estimate of drug-likeness (QED) is 0.599. The summed E-state index contributed by atoms with van der Waals surface area (Å²) in [6.07, 6.45) is 0.845. The molecule has 7 nitrogen and oxygen atoms in total. The predicted molar refractivity (Wildman–Crippen MR) is 114 cm³/mol. The predicted octanol–water partition coefficient (Wildman–Crippen LogP) is 4.04. The lowest BCUT2D eigenvalue weighted by atomic mass is 10.0. The Balaban J connectivity index is 2.36. The number of hydrogen-bond donors (Lipinski definition) is 1. The van der Waals surface area contributed by atoms with Gasteiger partial charge in [0.2, 0.25) is 0 Å². The minimum atomic E-state index is -3.92. The van der Waals surface area contributed by atoms with Gasteiger partial charge in [-0.1, -0.05) is 26.0 Å². The maximum absolute atomic E-state index is 12.8. The van der Waals surface area contributed by atoms with Crippen molar-refractivity contribution in [1.82, 2.24) is 0 Å². The third-order valence-corrected chi connectivity index (χ3v) is 5.48. The summed E-state index contributed by atoms with van der Waals surface area (Å²) in [6, 6.07) is 10.6. The van der Waals surface area contributed by atoms with Gasteiger partial charge in [-0.05, 0) is 62.1 Å². The lowest BCUT2D eigenvalue weighted by Gasteiger charge is -2.12. The molecule has 0 aliphatic carbocycles. The molecule has 0 spiro atoms. The van der Waals surface area contributed by atoms with E-state index in [1.807, 2.05) is 0 Å². The van der Waals surface area contributed by atoms with E-state index in [9.17, 15) is 18.0 Å². The van der Waals surface area contributed by atoms with Gasteiger partial charge in [0.1, 0.15) is 0 Å². The zero-order valence-electron chi connectivity index (χ0n) is 17.6. The van der Waals surface area contributed by atoms with Gasteiger partial charge in [0.25, 0.3) is 10.0 Å². The number of anilines is 1. The van der Waals surface area contributed by atoms with Crippen molar-refractivity contribution in [3.63, 3.8) is 0 Å². The van der Waals surface area contributed by atoms with Gasteiger partial charge < -0.3 is 9.47 Å². The second-order valence-electron chi connectivity index (χ2n) is 7.09. The van der Waals surface area contributed by atoms with Crippen molar-refractivity contribution in [1.29, 1.82) is 0 Å². The second kappa shape index (κ2) is 10.2. The summed E-state index contributed by atoms with van der Waals surface area (Å²) in [7, 11) is -3.92. The van der Waals surface area contributed by atoms with Crippen LogP contribution in [0.15, 0.2) is 47.4 Å². The first-order valence-electron chi connectivity index (χ1n) is 9.77. The number of hydrogen-bond acceptors (Lipinski definition) is 6. The van der Waals surface area contributed by atoms with Crippen LogP contribution in [0.5, 0.6) is 0 Å². The normalized spacial score (nSPS) is 11.2. The molecule has 0 saturated heterocycles. The Kier molecular flexibility index (Phi) is 8.00. The van der Waals surface area contributed by atoms with Crippen molar-refractivity contribution in [2.45, 2.75) is 39.0 Å². The van der Waals surface area contributed by atoms with Gasteiger partial charge >= 0.3 is 11.9 Å². The maximum Gasteiger partial charge on any atom is 0.338 e. The lowest BCUT2D eigenvalue weighted by Crippen LogP contribution is -2.15. The van der Waals surface area contributed by atoms with E-state index in [0.717, 1.165) is 12.0 Å². The van der Waals surface area contributed by atoms with E-state index in [1.54, 1.807) is 26.0 Å². The smallest absolute Gasteiger partial charge is 0.338 e. The van der Waals surface area contributed by atoms with Crippen LogP contribution in [0.3, 0.4) is 0 Å². The molecule has 2 rings (SSSR count). The van der Waals surface area contributed by atoms with Gasteiger partial charge in [-0.2, -0.15) is 0 Å². The fraction of sp³-hybridized carbons (Fsp3) is 0.364. The number of esters is 2. The summed E-state index contributed by atoms with van der Waals surface area (Å²) < 4.78 is 38.0. The summed E-state index contributed by atoms with van der Waals surface area (Å²) in [6.45, 7) is 7.77. The Morgan fingerprint density at radius 1 is 0.900 bits per heavy atom. The molecule has 30 heavy (non-hydrogen) atoms. The molecule has 0 fully saturated rings. The molecule has 0 saturated carbocycles. The van der Waals surface area contributed by atoms with Gasteiger partial charge in [0.15, 0.2) is 0 Å². The Bertz CT molecular complexity index is 961. The number of benzene rings is 2. The van der Waals surface area contributed by atoms with Gasteiger partial charge in [-0.25, -0.2) is 18.0 Å². The highest BCUT2D eigenvalue weighted by molar-refractivity contribution is 7.92. The fourth-order valence-electron chi connectivity index (χ4n) is 2.84. The van der Waals surface area contributed by atoms with Crippen LogP contribution >= 0.6 is 0 Å². The van der Waals surface area contributed by atoms with Crippen LogP contribution in [-0.2, 0) is 25.9 Å². The number of ether oxygens (including phenoxy) is 2. The minimum absolute atomic E-state index is 0.0485. The lowest BCUT2D eigenvalue weighted by molar-refractivity contribution is 0.0525. The van der Waals surface area contributed by atoms with E-state index in [4.69, 9.17) is 9.47 Å². The second-order valence-corrected chi connectivity index (χ2v) is 8.77. The molecule has 0 radical (unpaired) electrons. The average molecular weight is 434 g/mol. The van der Waals surface area contributed by atoms with Gasteiger partial charge in [-0.15, -0.1) is 0 Å². The van der Waals surface area contributed by atoms with Gasteiger partial charge in [0, 0.05) is 0 Å². The van der Waals surface area contributed by atoms with Crippen LogP contribution in [0.2, 0.25) is 0 Å². The summed E-state index contributed by atoms with van der Waals surface area (Å²) >= 11 is 0. The Morgan fingerprint density at radius 2 is 1.40 bits per heavy atom. The Labute approximate surface area is 177 Å².